The minimum absolute atomic E-state index is 0.0254. The van der Waals surface area contributed by atoms with Crippen molar-refractivity contribution in [3.05, 3.63) is 81.4 Å². The van der Waals surface area contributed by atoms with Gasteiger partial charge in [0.1, 0.15) is 34.6 Å². The Bertz CT molecular complexity index is 2110. The average Bonchev–Trinajstić information content (AvgIpc) is 3.76. The largest absolute Gasteiger partial charge is 0.497 e. The molecule has 16 heteroatoms. The van der Waals surface area contributed by atoms with Crippen LogP contribution in [-0.4, -0.2) is 107 Å². The highest BCUT2D eigenvalue weighted by Crippen LogP contribution is 2.30. The summed E-state index contributed by atoms with van der Waals surface area (Å²) < 4.78 is 7.37. The SMILES string of the molecule is COc1ccc2c(c1)c(C(=O)N1CCN(C)C(=O)[C@@H](C)NC(=O)[C@H](C(C)C)NC(=O)[C@H](C)NC(=O)c3csc(n3)[C@H](Cc3ccccc3)NC(=O)C1)c(C)n2C. The van der Waals surface area contributed by atoms with E-state index in [1.54, 1.807) is 39.5 Å². The molecule has 0 aliphatic carbocycles. The zero-order valence-electron chi connectivity index (χ0n) is 33.0. The van der Waals surface area contributed by atoms with Gasteiger partial charge in [0.15, 0.2) is 0 Å². The number of rotatable bonds is 5. The van der Waals surface area contributed by atoms with Crippen molar-refractivity contribution in [3.8, 4) is 5.75 Å². The zero-order valence-corrected chi connectivity index (χ0v) is 33.8. The second-order valence-electron chi connectivity index (χ2n) is 14.4. The van der Waals surface area contributed by atoms with Crippen LogP contribution in [0.3, 0.4) is 0 Å². The predicted molar refractivity (Wildman–Crippen MR) is 212 cm³/mol. The highest BCUT2D eigenvalue weighted by atomic mass is 32.1. The Morgan fingerprint density at radius 3 is 2.32 bits per heavy atom. The number of likely N-dealkylation sites (N-methyl/N-ethyl adjacent to an activating group) is 1. The molecule has 15 nitrogen and oxygen atoms in total. The number of aryl methyl sites for hydroxylation is 1. The second kappa shape index (κ2) is 17.8. The maximum Gasteiger partial charge on any atom is 0.271 e. The number of benzene rings is 2. The molecule has 4 aromatic rings. The van der Waals surface area contributed by atoms with Crippen molar-refractivity contribution < 1.29 is 33.5 Å². The van der Waals surface area contributed by atoms with Gasteiger partial charge < -0.3 is 40.4 Å². The summed E-state index contributed by atoms with van der Waals surface area (Å²) in [6.45, 7) is 8.01. The first-order valence-electron chi connectivity index (χ1n) is 18.5. The standard InChI is InChI=1S/C40H50N8O7S/c1-22(2)34-37(52)42-24(4)39(53)46(6)16-17-48(40(54)33-25(5)47(7)31-15-14-27(55-8)19-28(31)33)20-32(49)43-29(18-26-12-10-9-11-13-26)38-44-30(21-56-38)36(51)41-23(3)35(50)45-34/h9-15,19,21-24,29,34H,16-18,20H2,1-8H3,(H,41,51)(H,42,52)(H,43,49)(H,45,50)/t23-,24+,29-,34-/m0/s1. The monoisotopic (exact) mass is 786 g/mol. The Labute approximate surface area is 330 Å². The fraction of sp³-hybridized carbons (Fsp3) is 0.425. The number of hydrogen-bond acceptors (Lipinski definition) is 9. The van der Waals surface area contributed by atoms with Gasteiger partial charge in [-0.2, -0.15) is 0 Å². The van der Waals surface area contributed by atoms with Gasteiger partial charge in [-0.3, -0.25) is 28.8 Å². The van der Waals surface area contributed by atoms with Crippen LogP contribution in [0.25, 0.3) is 10.9 Å². The van der Waals surface area contributed by atoms with Crippen LogP contribution in [0.1, 0.15) is 70.8 Å². The molecular weight excluding hydrogens is 737 g/mol. The number of thiazole rings is 1. The van der Waals surface area contributed by atoms with Crippen molar-refractivity contribution in [1.82, 2.24) is 40.6 Å². The molecule has 0 unspecified atom stereocenters. The van der Waals surface area contributed by atoms with E-state index in [1.165, 1.54) is 35.0 Å². The topological polar surface area (TPSA) is 184 Å². The van der Waals surface area contributed by atoms with Crippen LogP contribution in [0.15, 0.2) is 53.9 Å². The Kier molecular flexibility index (Phi) is 13.2. The van der Waals surface area contributed by atoms with Gasteiger partial charge in [-0.25, -0.2) is 4.98 Å². The molecule has 2 bridgehead atoms. The minimum Gasteiger partial charge on any atom is -0.497 e. The lowest BCUT2D eigenvalue weighted by Crippen LogP contribution is -2.57. The minimum atomic E-state index is -1.03. The molecular formula is C40H50N8O7S. The highest BCUT2D eigenvalue weighted by Gasteiger charge is 2.32. The number of methoxy groups -OCH3 is 1. The summed E-state index contributed by atoms with van der Waals surface area (Å²) in [6.07, 6.45) is 0.336. The summed E-state index contributed by atoms with van der Waals surface area (Å²) in [5, 5.41) is 13.7. The van der Waals surface area contributed by atoms with Gasteiger partial charge in [0.2, 0.25) is 23.6 Å². The highest BCUT2D eigenvalue weighted by molar-refractivity contribution is 7.09. The molecule has 2 aromatic carbocycles. The lowest BCUT2D eigenvalue weighted by molar-refractivity contribution is -0.136. The van der Waals surface area contributed by atoms with E-state index in [9.17, 15) is 28.8 Å². The van der Waals surface area contributed by atoms with E-state index in [0.29, 0.717) is 33.8 Å². The number of ether oxygens (including phenoxy) is 1. The molecule has 298 valence electrons. The summed E-state index contributed by atoms with van der Waals surface area (Å²) in [6, 6.07) is 11.2. The number of fused-ring (bicyclic) bond motifs is 3. The second-order valence-corrected chi connectivity index (χ2v) is 15.3. The van der Waals surface area contributed by atoms with Crippen LogP contribution < -0.4 is 26.0 Å². The van der Waals surface area contributed by atoms with Crippen molar-refractivity contribution in [1.29, 1.82) is 0 Å². The van der Waals surface area contributed by atoms with Gasteiger partial charge in [-0.15, -0.1) is 11.3 Å². The Morgan fingerprint density at radius 2 is 1.64 bits per heavy atom. The summed E-state index contributed by atoms with van der Waals surface area (Å²) in [4.78, 5) is 89.6. The third-order valence-corrected chi connectivity index (χ3v) is 11.0. The molecule has 0 saturated heterocycles. The summed E-state index contributed by atoms with van der Waals surface area (Å²) in [7, 11) is 4.95. The van der Waals surface area contributed by atoms with E-state index in [1.807, 2.05) is 61.0 Å². The molecule has 1 aliphatic rings. The van der Waals surface area contributed by atoms with E-state index < -0.39 is 59.6 Å². The number of hydrogen-bond donors (Lipinski definition) is 4. The molecule has 1 aliphatic heterocycles. The lowest BCUT2D eigenvalue weighted by Gasteiger charge is -2.29. The average molecular weight is 787 g/mol. The van der Waals surface area contributed by atoms with Gasteiger partial charge in [0.25, 0.3) is 11.8 Å². The Balaban J connectivity index is 1.54. The molecule has 0 saturated carbocycles. The number of amides is 6. The molecule has 5 rings (SSSR count). The van der Waals surface area contributed by atoms with E-state index in [4.69, 9.17) is 4.74 Å². The van der Waals surface area contributed by atoms with Gasteiger partial charge in [0.05, 0.1) is 25.3 Å². The van der Waals surface area contributed by atoms with Crippen molar-refractivity contribution in [2.45, 2.75) is 65.2 Å². The van der Waals surface area contributed by atoms with Gasteiger partial charge in [0, 0.05) is 49.2 Å². The van der Waals surface area contributed by atoms with Crippen LogP contribution in [0.5, 0.6) is 5.75 Å². The Morgan fingerprint density at radius 1 is 0.929 bits per heavy atom. The predicted octanol–water partition coefficient (Wildman–Crippen LogP) is 2.73. The van der Waals surface area contributed by atoms with Crippen LogP contribution >= 0.6 is 11.3 Å². The fourth-order valence-corrected chi connectivity index (χ4v) is 7.45. The molecule has 2 aromatic heterocycles. The maximum absolute atomic E-state index is 14.6. The summed E-state index contributed by atoms with van der Waals surface area (Å²) in [5.41, 5.74) is 2.82. The first kappa shape index (κ1) is 41.4. The van der Waals surface area contributed by atoms with E-state index in [-0.39, 0.29) is 31.2 Å². The van der Waals surface area contributed by atoms with Crippen LogP contribution in [-0.2, 0) is 32.6 Å². The van der Waals surface area contributed by atoms with Crippen molar-refractivity contribution in [2.75, 3.05) is 33.8 Å². The first-order valence-corrected chi connectivity index (χ1v) is 19.3. The van der Waals surface area contributed by atoms with Crippen molar-refractivity contribution in [3.63, 3.8) is 0 Å². The number of carbonyl (C=O) groups excluding carboxylic acids is 6. The summed E-state index contributed by atoms with van der Waals surface area (Å²) in [5.74, 6) is -2.92. The molecule has 6 amide bonds. The summed E-state index contributed by atoms with van der Waals surface area (Å²) >= 11 is 1.18. The lowest BCUT2D eigenvalue weighted by atomic mass is 10.0. The Hall–Kier alpha value is -5.77. The molecule has 3 heterocycles. The fourth-order valence-electron chi connectivity index (χ4n) is 6.60. The number of aromatic nitrogens is 2. The molecule has 56 heavy (non-hydrogen) atoms. The first-order chi connectivity index (χ1) is 26.6. The molecule has 4 atom stereocenters. The maximum atomic E-state index is 14.6. The zero-order chi connectivity index (χ0) is 40.8. The van der Waals surface area contributed by atoms with Crippen molar-refractivity contribution >= 4 is 57.7 Å². The van der Waals surface area contributed by atoms with Gasteiger partial charge in [-0.1, -0.05) is 44.2 Å². The number of nitrogens with zero attached hydrogens (tertiary/aromatic N) is 4. The third-order valence-electron chi connectivity index (χ3n) is 10.0. The molecule has 4 N–H and O–H groups in total. The van der Waals surface area contributed by atoms with Crippen LogP contribution in [0.2, 0.25) is 0 Å². The molecule has 0 radical (unpaired) electrons. The van der Waals surface area contributed by atoms with Crippen molar-refractivity contribution in [2.24, 2.45) is 13.0 Å². The normalized spacial score (nSPS) is 20.9. The number of nitrogens with one attached hydrogen (secondary N) is 4. The molecule has 0 fully saturated rings. The third kappa shape index (κ3) is 9.36. The van der Waals surface area contributed by atoms with Gasteiger partial charge in [-0.05, 0) is 56.9 Å². The quantitative estimate of drug-likeness (QED) is 0.238. The van der Waals surface area contributed by atoms with Crippen LogP contribution in [0.4, 0.5) is 0 Å². The van der Waals surface area contributed by atoms with E-state index >= 15 is 0 Å². The number of carbonyl (C=O) groups is 6. The smallest absolute Gasteiger partial charge is 0.271 e. The van der Waals surface area contributed by atoms with Crippen LogP contribution in [0, 0.1) is 12.8 Å². The molecule has 0 spiro atoms. The van der Waals surface area contributed by atoms with E-state index in [2.05, 4.69) is 26.3 Å². The van der Waals surface area contributed by atoms with E-state index in [0.717, 1.165) is 11.1 Å². The van der Waals surface area contributed by atoms with Gasteiger partial charge >= 0.3 is 0 Å².